The van der Waals surface area contributed by atoms with E-state index >= 15 is 0 Å². The Hall–Kier alpha value is -3.39. The molecule has 1 amide bonds. The molecule has 8 heteroatoms. The van der Waals surface area contributed by atoms with Crippen molar-refractivity contribution in [2.24, 2.45) is 0 Å². The summed E-state index contributed by atoms with van der Waals surface area (Å²) in [5.41, 5.74) is 2.28. The van der Waals surface area contributed by atoms with Crippen LogP contribution in [0.3, 0.4) is 0 Å². The lowest BCUT2D eigenvalue weighted by molar-refractivity contribution is 0.0827. The lowest BCUT2D eigenvalue weighted by Gasteiger charge is -2.29. The summed E-state index contributed by atoms with van der Waals surface area (Å²) in [5, 5.41) is 0.380. The van der Waals surface area contributed by atoms with Gasteiger partial charge in [-0.25, -0.2) is 4.39 Å². The first-order valence-electron chi connectivity index (χ1n) is 11.6. The Kier molecular flexibility index (Phi) is 6.00. The highest BCUT2D eigenvalue weighted by Crippen LogP contribution is 2.40. The van der Waals surface area contributed by atoms with Crippen molar-refractivity contribution in [1.29, 1.82) is 0 Å². The van der Waals surface area contributed by atoms with Crippen molar-refractivity contribution in [2.45, 2.75) is 18.9 Å². The maximum Gasteiger partial charge on any atom is 0.253 e. The Labute approximate surface area is 197 Å². The van der Waals surface area contributed by atoms with Crippen LogP contribution in [0, 0.1) is 5.82 Å². The first-order valence-corrected chi connectivity index (χ1v) is 11.6. The van der Waals surface area contributed by atoms with Gasteiger partial charge in [-0.1, -0.05) is 6.07 Å². The summed E-state index contributed by atoms with van der Waals surface area (Å²) >= 11 is 0. The molecule has 0 unspecified atom stereocenters. The van der Waals surface area contributed by atoms with Crippen LogP contribution in [0.2, 0.25) is 0 Å². The summed E-state index contributed by atoms with van der Waals surface area (Å²) < 4.78 is 25.8. The Balaban J connectivity index is 1.69. The number of fused-ring (bicyclic) bond motifs is 1. The number of amides is 1. The van der Waals surface area contributed by atoms with Crippen LogP contribution in [0.5, 0.6) is 0 Å². The average Bonchev–Trinajstić information content (AvgIpc) is 3.33. The fourth-order valence-corrected chi connectivity index (χ4v) is 4.89. The quantitative estimate of drug-likeness (QED) is 0.584. The Morgan fingerprint density at radius 1 is 1.09 bits per heavy atom. The van der Waals surface area contributed by atoms with Gasteiger partial charge in [0.15, 0.2) is 11.3 Å². The minimum absolute atomic E-state index is 0.151. The maximum absolute atomic E-state index is 14.0. The lowest BCUT2D eigenvalue weighted by atomic mass is 9.97. The number of hydrogen-bond acceptors (Lipinski definition) is 6. The molecule has 3 heterocycles. The normalized spacial score (nSPS) is 18.5. The zero-order valence-corrected chi connectivity index (χ0v) is 19.4. The van der Waals surface area contributed by atoms with Crippen LogP contribution in [0.4, 0.5) is 16.0 Å². The molecule has 2 saturated heterocycles. The van der Waals surface area contributed by atoms with E-state index in [4.69, 9.17) is 9.15 Å². The molecule has 0 aliphatic carbocycles. The van der Waals surface area contributed by atoms with Gasteiger partial charge in [-0.15, -0.1) is 0 Å². The predicted molar refractivity (Wildman–Crippen MR) is 129 cm³/mol. The second kappa shape index (κ2) is 9.10. The number of anilines is 2. The van der Waals surface area contributed by atoms with Crippen molar-refractivity contribution in [3.8, 4) is 0 Å². The van der Waals surface area contributed by atoms with Crippen molar-refractivity contribution in [1.82, 2.24) is 4.90 Å². The van der Waals surface area contributed by atoms with Gasteiger partial charge in [0, 0.05) is 56.6 Å². The molecule has 2 fully saturated rings. The van der Waals surface area contributed by atoms with Crippen molar-refractivity contribution in [2.75, 3.05) is 56.7 Å². The molecule has 1 aromatic heterocycles. The van der Waals surface area contributed by atoms with E-state index in [0.717, 1.165) is 30.6 Å². The largest absolute Gasteiger partial charge is 0.440 e. The van der Waals surface area contributed by atoms with E-state index in [2.05, 4.69) is 4.90 Å². The van der Waals surface area contributed by atoms with Gasteiger partial charge in [-0.05, 0) is 43.2 Å². The molecule has 7 nitrogen and oxygen atoms in total. The number of hydrogen-bond donors (Lipinski definition) is 0. The Bertz CT molecular complexity index is 1280. The molecule has 2 aromatic carbocycles. The molecule has 0 N–H and O–H groups in total. The maximum atomic E-state index is 14.0. The molecule has 34 heavy (non-hydrogen) atoms. The van der Waals surface area contributed by atoms with E-state index in [9.17, 15) is 14.0 Å². The smallest absolute Gasteiger partial charge is 0.253 e. The molecule has 178 valence electrons. The Morgan fingerprint density at radius 3 is 2.62 bits per heavy atom. The van der Waals surface area contributed by atoms with Crippen LogP contribution in [0.15, 0.2) is 51.7 Å². The van der Waals surface area contributed by atoms with Crippen LogP contribution >= 0.6 is 0 Å². The first-order chi connectivity index (χ1) is 16.4. The van der Waals surface area contributed by atoms with Crippen molar-refractivity contribution >= 4 is 28.4 Å². The molecular formula is C26H28FN3O4. The first kappa shape index (κ1) is 22.4. The molecule has 0 bridgehead atoms. The van der Waals surface area contributed by atoms with Gasteiger partial charge in [0.1, 0.15) is 11.4 Å². The summed E-state index contributed by atoms with van der Waals surface area (Å²) in [5.74, 6) is 0.0184. The zero-order valence-electron chi connectivity index (χ0n) is 19.4. The fraction of sp³-hybridized carbons (Fsp3) is 0.385. The summed E-state index contributed by atoms with van der Waals surface area (Å²) in [6.07, 6.45) is 1.71. The topological polar surface area (TPSA) is 66.2 Å². The number of morpholine rings is 1. The van der Waals surface area contributed by atoms with Crippen molar-refractivity contribution in [3.05, 3.63) is 69.6 Å². The van der Waals surface area contributed by atoms with Gasteiger partial charge in [-0.2, -0.15) is 0 Å². The average molecular weight is 466 g/mol. The number of carbonyl (C=O) groups excluding carboxylic acids is 1. The van der Waals surface area contributed by atoms with Gasteiger partial charge < -0.3 is 23.9 Å². The van der Waals surface area contributed by atoms with Crippen molar-refractivity contribution in [3.63, 3.8) is 0 Å². The predicted octanol–water partition coefficient (Wildman–Crippen LogP) is 3.81. The SMILES string of the molecule is CN(C)C(=O)c1cc([C@@H]2CCCN2c2cccc(F)c2)c2oc(N3CCOCC3)cc(=O)c2c1. The van der Waals surface area contributed by atoms with Crippen LogP contribution in [0.1, 0.15) is 34.8 Å². The standard InChI is InChI=1S/C26H28FN3O4/c1-28(2)26(32)17-13-20(22-7-4-8-30(22)19-6-3-5-18(27)15-19)25-21(14-17)23(31)16-24(34-25)29-9-11-33-12-10-29/h3,5-6,13-16,22H,4,7-12H2,1-2H3/t22-/m0/s1. The minimum Gasteiger partial charge on any atom is -0.440 e. The number of carbonyl (C=O) groups is 1. The fourth-order valence-electron chi connectivity index (χ4n) is 4.89. The second-order valence-corrected chi connectivity index (χ2v) is 9.02. The third-order valence-corrected chi connectivity index (χ3v) is 6.57. The van der Waals surface area contributed by atoms with E-state index in [0.29, 0.717) is 48.7 Å². The van der Waals surface area contributed by atoms with E-state index in [1.807, 2.05) is 17.0 Å². The Morgan fingerprint density at radius 2 is 1.88 bits per heavy atom. The number of ether oxygens (including phenoxy) is 1. The van der Waals surface area contributed by atoms with Gasteiger partial charge in [0.2, 0.25) is 0 Å². The summed E-state index contributed by atoms with van der Waals surface area (Å²) in [7, 11) is 3.37. The highest BCUT2D eigenvalue weighted by atomic mass is 19.1. The summed E-state index contributed by atoms with van der Waals surface area (Å²) in [4.78, 5) is 31.8. The minimum atomic E-state index is -0.300. The highest BCUT2D eigenvalue weighted by Gasteiger charge is 2.31. The van der Waals surface area contributed by atoms with Gasteiger partial charge in [-0.3, -0.25) is 9.59 Å². The number of benzene rings is 2. The third-order valence-electron chi connectivity index (χ3n) is 6.57. The molecule has 1 atom stereocenters. The molecular weight excluding hydrogens is 437 g/mol. The van der Waals surface area contributed by atoms with Crippen LogP contribution < -0.4 is 15.2 Å². The molecule has 0 radical (unpaired) electrons. The second-order valence-electron chi connectivity index (χ2n) is 9.02. The van der Waals surface area contributed by atoms with E-state index in [-0.39, 0.29) is 23.2 Å². The molecule has 2 aliphatic heterocycles. The molecule has 5 rings (SSSR count). The summed E-state index contributed by atoms with van der Waals surface area (Å²) in [6.45, 7) is 3.16. The molecule has 3 aromatic rings. The lowest BCUT2D eigenvalue weighted by Crippen LogP contribution is -2.36. The third kappa shape index (κ3) is 4.14. The van der Waals surface area contributed by atoms with Gasteiger partial charge in [0.25, 0.3) is 5.91 Å². The molecule has 0 saturated carbocycles. The van der Waals surface area contributed by atoms with E-state index in [1.165, 1.54) is 23.1 Å². The van der Waals surface area contributed by atoms with E-state index < -0.39 is 0 Å². The monoisotopic (exact) mass is 465 g/mol. The van der Waals surface area contributed by atoms with Crippen LogP contribution in [-0.4, -0.2) is 57.8 Å². The van der Waals surface area contributed by atoms with Gasteiger partial charge >= 0.3 is 0 Å². The molecule has 2 aliphatic rings. The summed E-state index contributed by atoms with van der Waals surface area (Å²) in [6, 6.07) is 11.3. The van der Waals surface area contributed by atoms with Crippen molar-refractivity contribution < 1.29 is 18.3 Å². The molecule has 0 spiro atoms. The van der Waals surface area contributed by atoms with Crippen LogP contribution in [-0.2, 0) is 4.74 Å². The van der Waals surface area contributed by atoms with Gasteiger partial charge in [0.05, 0.1) is 24.6 Å². The zero-order chi connectivity index (χ0) is 23.8. The number of nitrogens with zero attached hydrogens (tertiary/aromatic N) is 3. The number of rotatable bonds is 4. The van der Waals surface area contributed by atoms with Crippen LogP contribution in [0.25, 0.3) is 11.0 Å². The number of halogens is 1. The van der Waals surface area contributed by atoms with E-state index in [1.54, 1.807) is 26.2 Å². The highest BCUT2D eigenvalue weighted by molar-refractivity contribution is 5.98.